The van der Waals surface area contributed by atoms with Gasteiger partial charge in [0.2, 0.25) is 0 Å². The van der Waals surface area contributed by atoms with Crippen molar-refractivity contribution in [1.29, 1.82) is 0 Å². The lowest BCUT2D eigenvalue weighted by molar-refractivity contribution is -0.137. The molecule has 0 atom stereocenters. The number of halogens is 3. The first kappa shape index (κ1) is 22.6. The van der Waals surface area contributed by atoms with Crippen molar-refractivity contribution in [2.45, 2.75) is 62.5 Å². The van der Waals surface area contributed by atoms with Crippen LogP contribution in [0.5, 0.6) is 0 Å². The van der Waals surface area contributed by atoms with Crippen molar-refractivity contribution in [3.63, 3.8) is 0 Å². The number of H-pyrrole nitrogens is 1. The number of hydrogen-bond acceptors (Lipinski definition) is 3. The van der Waals surface area contributed by atoms with Gasteiger partial charge in [-0.2, -0.15) is 18.3 Å². The minimum Gasteiger partial charge on any atom is -0.355 e. The average molecular weight is 449 g/mol. The number of piperidine rings is 1. The molecular formula is C23H31F3N6. The molecule has 1 aliphatic heterocycles. The van der Waals surface area contributed by atoms with Gasteiger partial charge < -0.3 is 10.2 Å². The molecule has 1 aromatic heterocycles. The molecule has 2 aromatic rings. The van der Waals surface area contributed by atoms with E-state index >= 15 is 0 Å². The zero-order chi connectivity index (χ0) is 22.6. The molecule has 0 unspecified atom stereocenters. The van der Waals surface area contributed by atoms with E-state index in [0.29, 0.717) is 12.5 Å². The van der Waals surface area contributed by atoms with Gasteiger partial charge >= 0.3 is 6.18 Å². The molecule has 2 heterocycles. The minimum atomic E-state index is -4.33. The van der Waals surface area contributed by atoms with Crippen LogP contribution in [0.1, 0.15) is 67.8 Å². The van der Waals surface area contributed by atoms with Crippen molar-refractivity contribution in [2.75, 3.05) is 26.7 Å². The van der Waals surface area contributed by atoms with E-state index in [1.165, 1.54) is 12.1 Å². The molecular weight excluding hydrogens is 417 g/mol. The molecule has 6 nitrogen and oxygen atoms in total. The number of aromatic nitrogens is 3. The van der Waals surface area contributed by atoms with Gasteiger partial charge in [0, 0.05) is 38.0 Å². The van der Waals surface area contributed by atoms with Gasteiger partial charge in [0.25, 0.3) is 0 Å². The minimum absolute atomic E-state index is 0.312. The maximum absolute atomic E-state index is 13.4. The lowest BCUT2D eigenvalue weighted by atomic mass is 9.69. The Hall–Kier alpha value is -2.58. The van der Waals surface area contributed by atoms with Crippen molar-refractivity contribution in [3.8, 4) is 0 Å². The number of benzene rings is 1. The fourth-order valence-electron chi connectivity index (χ4n) is 5.18. The second-order valence-electron chi connectivity index (χ2n) is 8.95. The van der Waals surface area contributed by atoms with Crippen LogP contribution in [0.25, 0.3) is 0 Å². The third kappa shape index (κ3) is 4.91. The lowest BCUT2D eigenvalue weighted by Crippen LogP contribution is -2.50. The SMILES string of the molecule is CN=C(NCC1(c2cccc(C(F)(F)F)c2)CCCCC1)N1CCC(c2ncn[nH]2)CC1. The summed E-state index contributed by atoms with van der Waals surface area (Å²) >= 11 is 0. The number of guanidine groups is 1. The van der Waals surface area contributed by atoms with Crippen LogP contribution in [-0.2, 0) is 11.6 Å². The summed E-state index contributed by atoms with van der Waals surface area (Å²) in [5.41, 5.74) is -0.106. The second-order valence-corrected chi connectivity index (χ2v) is 8.95. The molecule has 9 heteroatoms. The predicted molar refractivity (Wildman–Crippen MR) is 117 cm³/mol. The zero-order valence-electron chi connectivity index (χ0n) is 18.5. The van der Waals surface area contributed by atoms with Gasteiger partial charge in [0.05, 0.1) is 5.56 Å². The molecule has 2 fully saturated rings. The molecule has 0 spiro atoms. The van der Waals surface area contributed by atoms with E-state index in [9.17, 15) is 13.2 Å². The number of alkyl halides is 3. The molecule has 32 heavy (non-hydrogen) atoms. The van der Waals surface area contributed by atoms with Gasteiger partial charge in [-0.05, 0) is 37.3 Å². The first-order valence-corrected chi connectivity index (χ1v) is 11.4. The van der Waals surface area contributed by atoms with Gasteiger partial charge in [0.1, 0.15) is 12.2 Å². The highest BCUT2D eigenvalue weighted by Gasteiger charge is 2.37. The number of aromatic amines is 1. The van der Waals surface area contributed by atoms with Crippen LogP contribution < -0.4 is 5.32 Å². The Kier molecular flexibility index (Phi) is 6.71. The normalized spacial score (nSPS) is 20.4. The summed E-state index contributed by atoms with van der Waals surface area (Å²) in [6, 6.07) is 5.90. The highest BCUT2D eigenvalue weighted by molar-refractivity contribution is 5.80. The number of rotatable bonds is 4. The fraction of sp³-hybridized carbons (Fsp3) is 0.609. The van der Waals surface area contributed by atoms with Crippen molar-refractivity contribution < 1.29 is 13.2 Å². The third-order valence-corrected chi connectivity index (χ3v) is 7.02. The van der Waals surface area contributed by atoms with Crippen LogP contribution in [-0.4, -0.2) is 52.7 Å². The van der Waals surface area contributed by atoms with E-state index in [2.05, 4.69) is 30.4 Å². The molecule has 2 N–H and O–H groups in total. The van der Waals surface area contributed by atoms with E-state index in [4.69, 9.17) is 0 Å². The number of likely N-dealkylation sites (tertiary alicyclic amines) is 1. The van der Waals surface area contributed by atoms with Crippen LogP contribution in [0.3, 0.4) is 0 Å². The van der Waals surface area contributed by atoms with Crippen molar-refractivity contribution >= 4 is 5.96 Å². The Morgan fingerprint density at radius 3 is 2.59 bits per heavy atom. The van der Waals surface area contributed by atoms with Crippen LogP contribution in [0.2, 0.25) is 0 Å². The quantitative estimate of drug-likeness (QED) is 0.535. The molecule has 4 rings (SSSR count). The summed E-state index contributed by atoms with van der Waals surface area (Å²) in [6.45, 7) is 2.28. The van der Waals surface area contributed by atoms with Gasteiger partial charge in [-0.15, -0.1) is 0 Å². The monoisotopic (exact) mass is 448 g/mol. The van der Waals surface area contributed by atoms with E-state index in [1.54, 1.807) is 13.4 Å². The Morgan fingerprint density at radius 2 is 1.97 bits per heavy atom. The van der Waals surface area contributed by atoms with Gasteiger partial charge in [-0.3, -0.25) is 10.1 Å². The van der Waals surface area contributed by atoms with Gasteiger partial charge in [-0.1, -0.05) is 37.5 Å². The Morgan fingerprint density at radius 1 is 1.22 bits per heavy atom. The fourth-order valence-corrected chi connectivity index (χ4v) is 5.18. The molecule has 1 aliphatic carbocycles. The second kappa shape index (κ2) is 9.50. The summed E-state index contributed by atoms with van der Waals surface area (Å²) in [4.78, 5) is 11.0. The van der Waals surface area contributed by atoms with E-state index in [1.807, 2.05) is 6.07 Å². The number of nitrogens with zero attached hydrogens (tertiary/aromatic N) is 4. The largest absolute Gasteiger partial charge is 0.416 e. The average Bonchev–Trinajstić information content (AvgIpc) is 3.35. The topological polar surface area (TPSA) is 69.2 Å². The Bertz CT molecular complexity index is 895. The summed E-state index contributed by atoms with van der Waals surface area (Å²) < 4.78 is 40.1. The maximum atomic E-state index is 13.4. The van der Waals surface area contributed by atoms with Gasteiger partial charge in [0.15, 0.2) is 5.96 Å². The molecule has 2 aliphatic rings. The third-order valence-electron chi connectivity index (χ3n) is 7.02. The van der Waals surface area contributed by atoms with Gasteiger partial charge in [-0.25, -0.2) is 4.98 Å². The number of aliphatic imine (C=N–C) groups is 1. The van der Waals surface area contributed by atoms with Crippen LogP contribution in [0.15, 0.2) is 35.6 Å². The lowest BCUT2D eigenvalue weighted by Gasteiger charge is -2.40. The molecule has 1 aromatic carbocycles. The smallest absolute Gasteiger partial charge is 0.355 e. The van der Waals surface area contributed by atoms with Crippen molar-refractivity contribution in [1.82, 2.24) is 25.4 Å². The highest BCUT2D eigenvalue weighted by Crippen LogP contribution is 2.41. The summed E-state index contributed by atoms with van der Waals surface area (Å²) in [7, 11) is 1.77. The van der Waals surface area contributed by atoms with E-state index in [0.717, 1.165) is 81.4 Å². The standard InChI is InChI=1S/C23H31F3N6/c1-27-21(32-12-8-17(9-13-32)20-29-16-30-31-20)28-15-22(10-3-2-4-11-22)18-6-5-7-19(14-18)23(24,25)26/h5-7,14,16-17H,2-4,8-13,15H2,1H3,(H,27,28)(H,29,30,31). The first-order valence-electron chi connectivity index (χ1n) is 11.4. The molecule has 1 saturated heterocycles. The predicted octanol–water partition coefficient (Wildman–Crippen LogP) is 4.48. The molecule has 1 saturated carbocycles. The van der Waals surface area contributed by atoms with E-state index in [-0.39, 0.29) is 5.41 Å². The van der Waals surface area contributed by atoms with Crippen LogP contribution in [0, 0.1) is 0 Å². The Labute approximate surface area is 186 Å². The zero-order valence-corrected chi connectivity index (χ0v) is 18.5. The first-order chi connectivity index (χ1) is 15.4. The van der Waals surface area contributed by atoms with E-state index < -0.39 is 11.7 Å². The molecule has 0 bridgehead atoms. The maximum Gasteiger partial charge on any atom is 0.416 e. The van der Waals surface area contributed by atoms with Crippen molar-refractivity contribution in [3.05, 3.63) is 47.5 Å². The van der Waals surface area contributed by atoms with Crippen LogP contribution in [0.4, 0.5) is 13.2 Å². The number of nitrogens with one attached hydrogen (secondary N) is 2. The van der Waals surface area contributed by atoms with Crippen molar-refractivity contribution in [2.24, 2.45) is 4.99 Å². The molecule has 174 valence electrons. The Balaban J connectivity index is 1.45. The highest BCUT2D eigenvalue weighted by atomic mass is 19.4. The number of hydrogen-bond donors (Lipinski definition) is 2. The summed E-state index contributed by atoms with van der Waals surface area (Å²) in [5, 5.41) is 10.4. The summed E-state index contributed by atoms with van der Waals surface area (Å²) in [5.74, 6) is 2.11. The molecule has 0 radical (unpaired) electrons. The van der Waals surface area contributed by atoms with Crippen LogP contribution >= 0.6 is 0 Å². The molecule has 0 amide bonds. The summed E-state index contributed by atoms with van der Waals surface area (Å²) in [6.07, 6.45) is 4.06.